The predicted molar refractivity (Wildman–Crippen MR) is 84.4 cm³/mol. The summed E-state index contributed by atoms with van der Waals surface area (Å²) in [6, 6.07) is 6.24. The first-order valence-corrected chi connectivity index (χ1v) is 8.07. The van der Waals surface area contributed by atoms with E-state index in [9.17, 15) is 9.18 Å². The van der Waals surface area contributed by atoms with Gasteiger partial charge in [0, 0.05) is 25.6 Å². The minimum atomic E-state index is -0.303. The Kier molecular flexibility index (Phi) is 4.69. The minimum absolute atomic E-state index is 0.0443. The van der Waals surface area contributed by atoms with E-state index in [0.717, 1.165) is 31.8 Å². The van der Waals surface area contributed by atoms with Crippen LogP contribution in [0.25, 0.3) is 0 Å². The van der Waals surface area contributed by atoms with Gasteiger partial charge in [0.15, 0.2) is 0 Å². The van der Waals surface area contributed by atoms with Crippen LogP contribution in [0.2, 0.25) is 0 Å². The molecule has 0 saturated carbocycles. The Labute approximate surface area is 135 Å². The Hall–Kier alpha value is -2.24. The summed E-state index contributed by atoms with van der Waals surface area (Å²) in [5.74, 6) is 0.921. The predicted octanol–water partition coefficient (Wildman–Crippen LogP) is 2.39. The van der Waals surface area contributed by atoms with E-state index in [-0.39, 0.29) is 24.1 Å². The number of aryl methyl sites for hydroxylation is 1. The van der Waals surface area contributed by atoms with Crippen molar-refractivity contribution in [2.24, 2.45) is 0 Å². The van der Waals surface area contributed by atoms with E-state index in [2.05, 4.69) is 17.1 Å². The molecular formula is C17H21FN4O. The molecule has 6 heteroatoms. The summed E-state index contributed by atoms with van der Waals surface area (Å²) in [7, 11) is 0. The van der Waals surface area contributed by atoms with Gasteiger partial charge in [-0.25, -0.2) is 4.39 Å². The maximum atomic E-state index is 13.2. The Morgan fingerprint density at radius 3 is 3.09 bits per heavy atom. The van der Waals surface area contributed by atoms with Gasteiger partial charge in [-0.15, -0.1) is 10.2 Å². The highest BCUT2D eigenvalue weighted by atomic mass is 19.1. The summed E-state index contributed by atoms with van der Waals surface area (Å²) in [6.07, 6.45) is 3.95. The number of piperidine rings is 1. The molecule has 0 N–H and O–H groups in total. The smallest absolute Gasteiger partial charge is 0.227 e. The summed E-state index contributed by atoms with van der Waals surface area (Å²) in [5, 5.41) is 8.21. The van der Waals surface area contributed by atoms with E-state index >= 15 is 0 Å². The second kappa shape index (κ2) is 6.89. The molecule has 1 aromatic heterocycles. The fourth-order valence-electron chi connectivity index (χ4n) is 3.17. The van der Waals surface area contributed by atoms with Crippen molar-refractivity contribution >= 4 is 5.91 Å². The van der Waals surface area contributed by atoms with Crippen LogP contribution in [-0.2, 0) is 17.8 Å². The molecule has 122 valence electrons. The topological polar surface area (TPSA) is 51.0 Å². The Morgan fingerprint density at radius 1 is 1.43 bits per heavy atom. The first kappa shape index (κ1) is 15.6. The molecule has 1 aliphatic rings. The average molecular weight is 316 g/mol. The minimum Gasteiger partial charge on any atom is -0.342 e. The quantitative estimate of drug-likeness (QED) is 0.870. The van der Waals surface area contributed by atoms with Gasteiger partial charge in [-0.3, -0.25) is 4.79 Å². The maximum Gasteiger partial charge on any atom is 0.227 e. The van der Waals surface area contributed by atoms with Gasteiger partial charge in [-0.1, -0.05) is 12.1 Å². The van der Waals surface area contributed by atoms with E-state index < -0.39 is 0 Å². The van der Waals surface area contributed by atoms with Crippen molar-refractivity contribution in [1.82, 2.24) is 19.7 Å². The van der Waals surface area contributed by atoms with Gasteiger partial charge in [-0.05, 0) is 37.5 Å². The van der Waals surface area contributed by atoms with Gasteiger partial charge in [0.05, 0.1) is 6.42 Å². The van der Waals surface area contributed by atoms with Crippen molar-refractivity contribution in [3.63, 3.8) is 0 Å². The van der Waals surface area contributed by atoms with Gasteiger partial charge in [0.25, 0.3) is 0 Å². The molecule has 2 aromatic rings. The number of hydrogen-bond acceptors (Lipinski definition) is 3. The number of halogens is 1. The molecule has 1 aromatic carbocycles. The number of likely N-dealkylation sites (tertiary alicyclic amines) is 1. The van der Waals surface area contributed by atoms with Gasteiger partial charge in [0.2, 0.25) is 5.91 Å². The molecule has 0 aliphatic carbocycles. The summed E-state index contributed by atoms with van der Waals surface area (Å²) in [4.78, 5) is 14.4. The van der Waals surface area contributed by atoms with Crippen molar-refractivity contribution in [3.8, 4) is 0 Å². The fourth-order valence-corrected chi connectivity index (χ4v) is 3.17. The first-order chi connectivity index (χ1) is 11.2. The molecule has 0 bridgehead atoms. The van der Waals surface area contributed by atoms with Crippen molar-refractivity contribution in [2.45, 2.75) is 38.6 Å². The molecule has 5 nitrogen and oxygen atoms in total. The third-order valence-electron chi connectivity index (χ3n) is 4.37. The number of carbonyl (C=O) groups excluding carboxylic acids is 1. The molecule has 1 atom stereocenters. The monoisotopic (exact) mass is 316 g/mol. The van der Waals surface area contributed by atoms with Crippen LogP contribution in [0, 0.1) is 5.82 Å². The zero-order valence-electron chi connectivity index (χ0n) is 13.3. The molecule has 23 heavy (non-hydrogen) atoms. The second-order valence-electron chi connectivity index (χ2n) is 5.96. The molecule has 0 spiro atoms. The Balaban J connectivity index is 1.67. The largest absolute Gasteiger partial charge is 0.342 e. The van der Waals surface area contributed by atoms with Crippen LogP contribution < -0.4 is 0 Å². The van der Waals surface area contributed by atoms with Crippen LogP contribution in [-0.4, -0.2) is 38.7 Å². The first-order valence-electron chi connectivity index (χ1n) is 8.07. The van der Waals surface area contributed by atoms with Crippen LogP contribution in [0.5, 0.6) is 0 Å². The molecule has 1 saturated heterocycles. The Bertz CT molecular complexity index is 685. The number of carbonyl (C=O) groups is 1. The fraction of sp³-hybridized carbons (Fsp3) is 0.471. The SMILES string of the molecule is CCn1cnnc1[C@H]1CCCN(C(=O)Cc2cccc(F)c2)C1. The van der Waals surface area contributed by atoms with Crippen LogP contribution in [0.3, 0.4) is 0 Å². The van der Waals surface area contributed by atoms with Gasteiger partial charge in [-0.2, -0.15) is 0 Å². The van der Waals surface area contributed by atoms with E-state index in [1.807, 2.05) is 9.47 Å². The van der Waals surface area contributed by atoms with Gasteiger partial charge in [0.1, 0.15) is 18.0 Å². The third kappa shape index (κ3) is 3.57. The highest BCUT2D eigenvalue weighted by Gasteiger charge is 2.27. The van der Waals surface area contributed by atoms with Gasteiger partial charge >= 0.3 is 0 Å². The maximum absolute atomic E-state index is 13.2. The number of hydrogen-bond donors (Lipinski definition) is 0. The van der Waals surface area contributed by atoms with Crippen molar-refractivity contribution in [3.05, 3.63) is 47.8 Å². The normalized spacial score (nSPS) is 18.2. The molecule has 0 radical (unpaired) electrons. The molecule has 0 unspecified atom stereocenters. The zero-order chi connectivity index (χ0) is 16.2. The number of aromatic nitrogens is 3. The molecule has 3 rings (SSSR count). The van der Waals surface area contributed by atoms with E-state index in [4.69, 9.17) is 0 Å². The number of rotatable bonds is 4. The lowest BCUT2D eigenvalue weighted by Crippen LogP contribution is -2.40. The molecular weight excluding hydrogens is 295 g/mol. The highest BCUT2D eigenvalue weighted by molar-refractivity contribution is 5.79. The van der Waals surface area contributed by atoms with Gasteiger partial charge < -0.3 is 9.47 Å². The average Bonchev–Trinajstić information content (AvgIpc) is 3.03. The summed E-state index contributed by atoms with van der Waals surface area (Å²) < 4.78 is 15.3. The lowest BCUT2D eigenvalue weighted by Gasteiger charge is -2.32. The number of amides is 1. The van der Waals surface area contributed by atoms with Crippen LogP contribution >= 0.6 is 0 Å². The summed E-state index contributed by atoms with van der Waals surface area (Å²) in [5.41, 5.74) is 0.717. The Morgan fingerprint density at radius 2 is 2.30 bits per heavy atom. The number of benzene rings is 1. The lowest BCUT2D eigenvalue weighted by molar-refractivity contribution is -0.131. The number of nitrogens with zero attached hydrogens (tertiary/aromatic N) is 4. The standard InChI is InChI=1S/C17H21FN4O/c1-2-21-12-19-20-17(21)14-6-4-8-22(11-14)16(23)10-13-5-3-7-15(18)9-13/h3,5,7,9,12,14H,2,4,6,8,10-11H2,1H3/t14-/m0/s1. The third-order valence-corrected chi connectivity index (χ3v) is 4.37. The van der Waals surface area contributed by atoms with E-state index in [1.54, 1.807) is 18.5 Å². The lowest BCUT2D eigenvalue weighted by atomic mass is 9.96. The highest BCUT2D eigenvalue weighted by Crippen LogP contribution is 2.26. The van der Waals surface area contributed by atoms with Crippen molar-refractivity contribution < 1.29 is 9.18 Å². The summed E-state index contributed by atoms with van der Waals surface area (Å²) in [6.45, 7) is 4.30. The van der Waals surface area contributed by atoms with Crippen LogP contribution in [0.1, 0.15) is 37.1 Å². The molecule has 2 heterocycles. The molecule has 1 amide bonds. The van der Waals surface area contributed by atoms with Crippen LogP contribution in [0.15, 0.2) is 30.6 Å². The van der Waals surface area contributed by atoms with E-state index in [1.165, 1.54) is 12.1 Å². The van der Waals surface area contributed by atoms with Crippen molar-refractivity contribution in [2.75, 3.05) is 13.1 Å². The molecule has 1 aliphatic heterocycles. The van der Waals surface area contributed by atoms with Crippen molar-refractivity contribution in [1.29, 1.82) is 0 Å². The van der Waals surface area contributed by atoms with Crippen LogP contribution in [0.4, 0.5) is 4.39 Å². The molecule has 1 fully saturated rings. The van der Waals surface area contributed by atoms with E-state index in [0.29, 0.717) is 12.1 Å². The second-order valence-corrected chi connectivity index (χ2v) is 5.96. The summed E-state index contributed by atoms with van der Waals surface area (Å²) >= 11 is 0. The zero-order valence-corrected chi connectivity index (χ0v) is 13.3.